The Labute approximate surface area is 175 Å². The Hall–Kier alpha value is -4.46. The van der Waals surface area contributed by atoms with E-state index < -0.39 is 0 Å². The molecule has 0 amide bonds. The van der Waals surface area contributed by atoms with E-state index in [1.54, 1.807) is 24.7 Å². The van der Waals surface area contributed by atoms with Crippen molar-refractivity contribution in [3.8, 4) is 34.0 Å². The first-order valence-corrected chi connectivity index (χ1v) is 9.63. The summed E-state index contributed by atoms with van der Waals surface area (Å²) >= 11 is 0. The highest BCUT2D eigenvalue weighted by molar-refractivity contribution is 5.96. The highest BCUT2D eigenvalue weighted by Crippen LogP contribution is 2.31. The number of pyridine rings is 3. The van der Waals surface area contributed by atoms with Gasteiger partial charge in [-0.15, -0.1) is 0 Å². The van der Waals surface area contributed by atoms with Crippen molar-refractivity contribution in [1.29, 1.82) is 0 Å². The van der Waals surface area contributed by atoms with E-state index in [9.17, 15) is 4.39 Å². The van der Waals surface area contributed by atoms with E-state index in [4.69, 9.17) is 0 Å². The Morgan fingerprint density at radius 2 is 1.81 bits per heavy atom. The first kappa shape index (κ1) is 17.4. The molecule has 0 aliphatic heterocycles. The number of fused-ring (bicyclic) bond motifs is 2. The molecule has 0 bridgehead atoms. The summed E-state index contributed by atoms with van der Waals surface area (Å²) in [6.45, 7) is 0. The molecule has 5 heterocycles. The summed E-state index contributed by atoms with van der Waals surface area (Å²) in [5.74, 6) is 0.269. The quantitative estimate of drug-likeness (QED) is 0.441. The second-order valence-electron chi connectivity index (χ2n) is 7.06. The minimum absolute atomic E-state index is 0.296. The third-order valence-electron chi connectivity index (χ3n) is 5.13. The fraction of sp³-hybridized carbons (Fsp3) is 0. The number of imidazole rings is 1. The molecule has 7 nitrogen and oxygen atoms in total. The highest BCUT2D eigenvalue weighted by atomic mass is 19.1. The highest BCUT2D eigenvalue weighted by Gasteiger charge is 2.17. The number of nitrogens with zero attached hydrogens (tertiary/aromatic N) is 5. The van der Waals surface area contributed by atoms with Crippen LogP contribution in [-0.2, 0) is 0 Å². The van der Waals surface area contributed by atoms with Crippen molar-refractivity contribution in [2.75, 3.05) is 0 Å². The Kier molecular flexibility index (Phi) is 3.82. The van der Waals surface area contributed by atoms with Crippen LogP contribution >= 0.6 is 0 Å². The fourth-order valence-corrected chi connectivity index (χ4v) is 3.67. The van der Waals surface area contributed by atoms with Crippen molar-refractivity contribution in [3.05, 3.63) is 79.0 Å². The Morgan fingerprint density at radius 1 is 0.839 bits per heavy atom. The lowest BCUT2D eigenvalue weighted by Gasteiger charge is -2.02. The zero-order valence-corrected chi connectivity index (χ0v) is 16.0. The largest absolute Gasteiger partial charge is 0.335 e. The summed E-state index contributed by atoms with van der Waals surface area (Å²) in [6, 6.07) is 15.9. The molecule has 5 aromatic heterocycles. The maximum absolute atomic E-state index is 13.8. The van der Waals surface area contributed by atoms with Crippen LogP contribution in [-0.4, -0.2) is 35.1 Å². The van der Waals surface area contributed by atoms with Gasteiger partial charge in [-0.05, 0) is 42.0 Å². The predicted molar refractivity (Wildman–Crippen MR) is 115 cm³/mol. The van der Waals surface area contributed by atoms with E-state index >= 15 is 0 Å². The molecule has 0 saturated carbocycles. The minimum atomic E-state index is -0.296. The van der Waals surface area contributed by atoms with Crippen molar-refractivity contribution in [1.82, 2.24) is 35.1 Å². The molecule has 8 heteroatoms. The third-order valence-corrected chi connectivity index (χ3v) is 5.13. The molecule has 0 unspecified atom stereocenters. The molecule has 2 N–H and O–H groups in total. The normalized spacial score (nSPS) is 11.4. The molecule has 31 heavy (non-hydrogen) atoms. The second kappa shape index (κ2) is 6.81. The van der Waals surface area contributed by atoms with Crippen LogP contribution < -0.4 is 0 Å². The molecule has 0 aliphatic carbocycles. The molecule has 6 rings (SSSR count). The number of benzene rings is 1. The summed E-state index contributed by atoms with van der Waals surface area (Å²) in [6.07, 6.45) is 5.13. The van der Waals surface area contributed by atoms with E-state index in [-0.39, 0.29) is 5.82 Å². The lowest BCUT2D eigenvalue weighted by Crippen LogP contribution is -1.87. The molecule has 148 valence electrons. The van der Waals surface area contributed by atoms with Gasteiger partial charge in [-0.25, -0.2) is 14.4 Å². The van der Waals surface area contributed by atoms with Crippen LogP contribution in [0.5, 0.6) is 0 Å². The smallest absolute Gasteiger partial charge is 0.178 e. The van der Waals surface area contributed by atoms with Crippen LogP contribution in [0.2, 0.25) is 0 Å². The molecule has 0 aliphatic rings. The van der Waals surface area contributed by atoms with Crippen molar-refractivity contribution in [2.45, 2.75) is 0 Å². The van der Waals surface area contributed by atoms with Gasteiger partial charge in [-0.3, -0.25) is 15.1 Å². The number of H-pyrrole nitrogens is 2. The first-order chi connectivity index (χ1) is 15.3. The van der Waals surface area contributed by atoms with E-state index in [0.717, 1.165) is 38.9 Å². The Morgan fingerprint density at radius 3 is 2.68 bits per heavy atom. The zero-order valence-electron chi connectivity index (χ0n) is 16.0. The van der Waals surface area contributed by atoms with Crippen LogP contribution in [0.4, 0.5) is 4.39 Å². The summed E-state index contributed by atoms with van der Waals surface area (Å²) in [5, 5.41) is 8.31. The van der Waals surface area contributed by atoms with Crippen molar-refractivity contribution >= 4 is 22.1 Å². The molecular formula is C23H14FN7. The molecule has 1 aromatic carbocycles. The van der Waals surface area contributed by atoms with Gasteiger partial charge in [0.15, 0.2) is 11.5 Å². The van der Waals surface area contributed by atoms with Gasteiger partial charge >= 0.3 is 0 Å². The van der Waals surface area contributed by atoms with Gasteiger partial charge in [-0.1, -0.05) is 18.2 Å². The van der Waals surface area contributed by atoms with E-state index in [0.29, 0.717) is 17.2 Å². The lowest BCUT2D eigenvalue weighted by molar-refractivity contribution is 0.628. The monoisotopic (exact) mass is 407 g/mol. The standard InChI is InChI=1S/C23H14FN7/c24-14-5-3-4-13(10-14)15-7-9-26-22-20(15)28-23(29-22)21-16-11-18(17-6-1-2-8-25-17)27-12-19(16)30-31-21/h1-12H,(H,30,31)(H,26,28,29). The van der Waals surface area contributed by atoms with E-state index in [2.05, 4.69) is 35.1 Å². The number of hydrogen-bond acceptors (Lipinski definition) is 5. The Bertz CT molecular complexity index is 1550. The Balaban J connectivity index is 1.52. The van der Waals surface area contributed by atoms with Gasteiger partial charge in [0.2, 0.25) is 0 Å². The third kappa shape index (κ3) is 2.93. The van der Waals surface area contributed by atoms with Crippen molar-refractivity contribution in [2.24, 2.45) is 0 Å². The number of nitrogens with one attached hydrogen (secondary N) is 2. The first-order valence-electron chi connectivity index (χ1n) is 9.63. The van der Waals surface area contributed by atoms with Crippen LogP contribution in [0.25, 0.3) is 56.1 Å². The van der Waals surface area contributed by atoms with Gasteiger partial charge in [-0.2, -0.15) is 5.10 Å². The maximum Gasteiger partial charge on any atom is 0.178 e. The topological polar surface area (TPSA) is 96.0 Å². The van der Waals surface area contributed by atoms with Crippen molar-refractivity contribution in [3.63, 3.8) is 0 Å². The molecular weight excluding hydrogens is 393 g/mol. The minimum Gasteiger partial charge on any atom is -0.335 e. The zero-order chi connectivity index (χ0) is 20.8. The number of rotatable bonds is 3. The number of halogens is 1. The summed E-state index contributed by atoms with van der Waals surface area (Å²) in [5.41, 5.74) is 5.77. The second-order valence-corrected chi connectivity index (χ2v) is 7.06. The van der Waals surface area contributed by atoms with E-state index in [1.807, 2.05) is 36.4 Å². The molecule has 0 radical (unpaired) electrons. The van der Waals surface area contributed by atoms with E-state index in [1.165, 1.54) is 12.1 Å². The van der Waals surface area contributed by atoms with Crippen LogP contribution in [0.1, 0.15) is 0 Å². The van der Waals surface area contributed by atoms with Crippen LogP contribution in [0.15, 0.2) is 73.2 Å². The molecule has 0 fully saturated rings. The average Bonchev–Trinajstić information content (AvgIpc) is 3.43. The summed E-state index contributed by atoms with van der Waals surface area (Å²) in [4.78, 5) is 21.2. The lowest BCUT2D eigenvalue weighted by atomic mass is 10.1. The number of hydrogen-bond donors (Lipinski definition) is 2. The molecule has 0 saturated heterocycles. The van der Waals surface area contributed by atoms with Gasteiger partial charge in [0.05, 0.1) is 28.6 Å². The van der Waals surface area contributed by atoms with Gasteiger partial charge < -0.3 is 4.98 Å². The van der Waals surface area contributed by atoms with Crippen LogP contribution in [0.3, 0.4) is 0 Å². The molecule has 6 aromatic rings. The number of aromatic amines is 2. The summed E-state index contributed by atoms with van der Waals surface area (Å²) < 4.78 is 13.8. The fourth-order valence-electron chi connectivity index (χ4n) is 3.67. The predicted octanol–water partition coefficient (Wildman–Crippen LogP) is 4.76. The maximum atomic E-state index is 13.8. The summed E-state index contributed by atoms with van der Waals surface area (Å²) in [7, 11) is 0. The number of aromatic nitrogens is 7. The van der Waals surface area contributed by atoms with Crippen molar-refractivity contribution < 1.29 is 4.39 Å². The molecule has 0 spiro atoms. The SMILES string of the molecule is Fc1cccc(-c2ccnc3nc(-c4n[nH]c5cnc(-c6ccccn6)cc45)[nH]c23)c1. The molecule has 0 atom stereocenters. The average molecular weight is 407 g/mol. The van der Waals surface area contributed by atoms with Gasteiger partial charge in [0, 0.05) is 23.3 Å². The van der Waals surface area contributed by atoms with Crippen LogP contribution in [0, 0.1) is 5.82 Å². The van der Waals surface area contributed by atoms with Gasteiger partial charge in [0.1, 0.15) is 11.5 Å². The van der Waals surface area contributed by atoms with Gasteiger partial charge in [0.25, 0.3) is 0 Å².